The van der Waals surface area contributed by atoms with Crippen LogP contribution in [0.15, 0.2) is 76.3 Å². The summed E-state index contributed by atoms with van der Waals surface area (Å²) in [6, 6.07) is 20.2. The molecule has 0 saturated heterocycles. The molecule has 0 heterocycles. The van der Waals surface area contributed by atoms with Crippen molar-refractivity contribution >= 4 is 62.0 Å². The second-order valence-electron chi connectivity index (χ2n) is 7.66. The highest BCUT2D eigenvalue weighted by Crippen LogP contribution is 2.34. The molecule has 0 aliphatic rings. The second-order valence-corrected chi connectivity index (χ2v) is 9.33. The van der Waals surface area contributed by atoms with Gasteiger partial charge in [0.15, 0.2) is 11.5 Å². The number of carbonyl (C=O) groups excluding carboxylic acids is 1. The summed E-state index contributed by atoms with van der Waals surface area (Å²) < 4.78 is 17.5. The molecule has 6 nitrogen and oxygen atoms in total. The van der Waals surface area contributed by atoms with E-state index in [1.807, 2.05) is 36.4 Å². The number of hydrazone groups is 1. The van der Waals surface area contributed by atoms with Crippen molar-refractivity contribution in [1.29, 1.82) is 0 Å². The van der Waals surface area contributed by atoms with E-state index in [1.54, 1.807) is 37.4 Å². The van der Waals surface area contributed by atoms with Crippen molar-refractivity contribution in [1.82, 2.24) is 5.43 Å². The summed E-state index contributed by atoms with van der Waals surface area (Å²) in [7, 11) is 3.07. The number of rotatable bonds is 8. The first-order valence-corrected chi connectivity index (χ1v) is 12.3. The molecule has 0 bridgehead atoms. The van der Waals surface area contributed by atoms with E-state index in [-0.39, 0.29) is 6.61 Å². The number of halogens is 3. The fourth-order valence-electron chi connectivity index (χ4n) is 3.50. The molecule has 9 heteroatoms. The van der Waals surface area contributed by atoms with Crippen LogP contribution in [0.1, 0.15) is 21.5 Å². The van der Waals surface area contributed by atoms with E-state index >= 15 is 0 Å². The van der Waals surface area contributed by atoms with Gasteiger partial charge in [0.25, 0.3) is 5.91 Å². The summed E-state index contributed by atoms with van der Waals surface area (Å²) in [4.78, 5) is 12.8. The fraction of sp³-hybridized carbons (Fsp3) is 0.111. The van der Waals surface area contributed by atoms with Crippen LogP contribution in [0.25, 0.3) is 10.8 Å². The van der Waals surface area contributed by atoms with Crippen LogP contribution in [0.5, 0.6) is 17.2 Å². The van der Waals surface area contributed by atoms with E-state index in [0.717, 1.165) is 16.3 Å². The maximum absolute atomic E-state index is 12.8. The zero-order valence-corrected chi connectivity index (χ0v) is 22.4. The van der Waals surface area contributed by atoms with Gasteiger partial charge in [-0.05, 0) is 68.7 Å². The summed E-state index contributed by atoms with van der Waals surface area (Å²) in [5, 5.41) is 6.96. The van der Waals surface area contributed by atoms with Gasteiger partial charge in [0.2, 0.25) is 0 Å². The fourth-order valence-corrected chi connectivity index (χ4v) is 4.24. The smallest absolute Gasteiger partial charge is 0.275 e. The third-order valence-corrected chi connectivity index (χ3v) is 6.77. The number of nitrogens with one attached hydrogen (secondary N) is 1. The maximum Gasteiger partial charge on any atom is 0.275 e. The van der Waals surface area contributed by atoms with Crippen molar-refractivity contribution in [3.63, 3.8) is 0 Å². The Morgan fingerprint density at radius 3 is 2.33 bits per heavy atom. The number of carbonyl (C=O) groups is 1. The molecule has 0 fully saturated rings. The normalized spacial score (nSPS) is 11.0. The summed E-state index contributed by atoms with van der Waals surface area (Å²) in [6.07, 6.45) is 1.51. The largest absolute Gasteiger partial charge is 0.496 e. The van der Waals surface area contributed by atoms with E-state index in [0.29, 0.717) is 42.9 Å². The van der Waals surface area contributed by atoms with Crippen LogP contribution >= 0.6 is 39.1 Å². The Morgan fingerprint density at radius 2 is 1.64 bits per heavy atom. The highest BCUT2D eigenvalue weighted by atomic mass is 79.9. The molecule has 0 aliphatic heterocycles. The molecule has 0 atom stereocenters. The second kappa shape index (κ2) is 11.6. The van der Waals surface area contributed by atoms with Gasteiger partial charge < -0.3 is 14.2 Å². The number of hydrogen-bond acceptors (Lipinski definition) is 5. The third kappa shape index (κ3) is 5.93. The molecule has 4 rings (SSSR count). The molecular formula is C27H21BrCl2N2O4. The minimum absolute atomic E-state index is 0.275. The van der Waals surface area contributed by atoms with E-state index in [4.69, 9.17) is 37.4 Å². The molecule has 0 saturated carbocycles. The van der Waals surface area contributed by atoms with Gasteiger partial charge in [0.1, 0.15) is 12.4 Å². The van der Waals surface area contributed by atoms with E-state index in [2.05, 4.69) is 26.5 Å². The number of fused-ring (bicyclic) bond motifs is 1. The molecule has 0 unspecified atom stereocenters. The topological polar surface area (TPSA) is 69.2 Å². The number of benzene rings is 4. The molecule has 36 heavy (non-hydrogen) atoms. The monoisotopic (exact) mass is 586 g/mol. The van der Waals surface area contributed by atoms with Crippen LogP contribution in [0.4, 0.5) is 0 Å². The van der Waals surface area contributed by atoms with Gasteiger partial charge in [-0.2, -0.15) is 5.10 Å². The van der Waals surface area contributed by atoms with E-state index in [9.17, 15) is 4.79 Å². The lowest BCUT2D eigenvalue weighted by molar-refractivity contribution is 0.0952. The zero-order valence-electron chi connectivity index (χ0n) is 19.3. The van der Waals surface area contributed by atoms with Gasteiger partial charge in [-0.15, -0.1) is 0 Å². The number of nitrogens with zero attached hydrogens (tertiary/aromatic N) is 1. The SMILES string of the molecule is COc1cc(/C=N\NC(=O)c2cc3ccccc3cc2OC)c(Br)cc1OCc1ccc(Cl)c(Cl)c1. The third-order valence-electron chi connectivity index (χ3n) is 5.34. The van der Waals surface area contributed by atoms with E-state index in [1.165, 1.54) is 13.3 Å². The summed E-state index contributed by atoms with van der Waals surface area (Å²) in [5.74, 6) is 1.10. The Bertz CT molecular complexity index is 1460. The van der Waals surface area contributed by atoms with Gasteiger partial charge in [-0.25, -0.2) is 5.43 Å². The Labute approximate surface area is 226 Å². The van der Waals surface area contributed by atoms with Crippen molar-refractivity contribution < 1.29 is 19.0 Å². The first kappa shape index (κ1) is 25.8. The van der Waals surface area contributed by atoms with E-state index < -0.39 is 5.91 Å². The standard InChI is InChI=1S/C27H21BrCl2N2O4/c1-34-24-11-18-6-4-3-5-17(18)10-20(24)27(33)32-31-14-19-12-25(35-2)26(13-21(19)28)36-15-16-7-8-22(29)23(30)9-16/h3-14H,15H2,1-2H3,(H,32,33)/b31-14-. The van der Waals surface area contributed by atoms with Crippen molar-refractivity contribution in [3.05, 3.63) is 97.9 Å². The number of amides is 1. The lowest BCUT2D eigenvalue weighted by Gasteiger charge is -2.13. The van der Waals surface area contributed by atoms with Crippen LogP contribution in [-0.2, 0) is 6.61 Å². The molecule has 4 aromatic carbocycles. The zero-order chi connectivity index (χ0) is 25.7. The van der Waals surface area contributed by atoms with Crippen molar-refractivity contribution in [2.24, 2.45) is 5.10 Å². The van der Waals surface area contributed by atoms with Crippen LogP contribution in [0.2, 0.25) is 10.0 Å². The number of ether oxygens (including phenoxy) is 3. The molecule has 0 spiro atoms. The van der Waals surface area contributed by atoms with Crippen LogP contribution < -0.4 is 19.6 Å². The minimum Gasteiger partial charge on any atom is -0.496 e. The lowest BCUT2D eigenvalue weighted by Crippen LogP contribution is -2.18. The molecule has 0 radical (unpaired) electrons. The lowest BCUT2D eigenvalue weighted by atomic mass is 10.1. The Kier molecular flexibility index (Phi) is 8.36. The van der Waals surface area contributed by atoms with Gasteiger partial charge in [-0.1, -0.05) is 53.5 Å². The highest BCUT2D eigenvalue weighted by Gasteiger charge is 2.14. The first-order chi connectivity index (χ1) is 17.4. The molecule has 1 N–H and O–H groups in total. The molecule has 0 aromatic heterocycles. The summed E-state index contributed by atoms with van der Waals surface area (Å²) in [6.45, 7) is 0.275. The van der Waals surface area contributed by atoms with Gasteiger partial charge in [-0.3, -0.25) is 4.79 Å². The highest BCUT2D eigenvalue weighted by molar-refractivity contribution is 9.10. The van der Waals surface area contributed by atoms with Crippen molar-refractivity contribution in [2.45, 2.75) is 6.61 Å². The predicted molar refractivity (Wildman–Crippen MR) is 147 cm³/mol. The molecular weight excluding hydrogens is 567 g/mol. The minimum atomic E-state index is -0.390. The Hall–Kier alpha value is -3.26. The molecule has 4 aromatic rings. The van der Waals surface area contributed by atoms with Crippen LogP contribution in [-0.4, -0.2) is 26.3 Å². The Balaban J connectivity index is 1.48. The van der Waals surface area contributed by atoms with Gasteiger partial charge in [0.05, 0.1) is 36.0 Å². The quantitative estimate of drug-likeness (QED) is 0.174. The number of methoxy groups -OCH3 is 2. The van der Waals surface area contributed by atoms with Crippen molar-refractivity contribution in [3.8, 4) is 17.2 Å². The van der Waals surface area contributed by atoms with Crippen LogP contribution in [0.3, 0.4) is 0 Å². The maximum atomic E-state index is 12.8. The summed E-state index contributed by atoms with van der Waals surface area (Å²) in [5.41, 5.74) is 4.48. The molecule has 0 aliphatic carbocycles. The summed E-state index contributed by atoms with van der Waals surface area (Å²) >= 11 is 15.6. The average Bonchev–Trinajstić information content (AvgIpc) is 2.89. The molecule has 184 valence electrons. The first-order valence-electron chi connectivity index (χ1n) is 10.7. The average molecular weight is 588 g/mol. The molecule has 1 amide bonds. The van der Waals surface area contributed by atoms with Gasteiger partial charge in [0, 0.05) is 10.0 Å². The number of hydrogen-bond donors (Lipinski definition) is 1. The predicted octanol–water partition coefficient (Wildman–Crippen LogP) is 7.27. The van der Waals surface area contributed by atoms with Crippen molar-refractivity contribution in [2.75, 3.05) is 14.2 Å². The van der Waals surface area contributed by atoms with Gasteiger partial charge >= 0.3 is 0 Å². The Morgan fingerprint density at radius 1 is 0.917 bits per heavy atom. The van der Waals surface area contributed by atoms with Crippen LogP contribution in [0, 0.1) is 0 Å².